The van der Waals surface area contributed by atoms with E-state index in [9.17, 15) is 0 Å². The second kappa shape index (κ2) is 3.54. The summed E-state index contributed by atoms with van der Waals surface area (Å²) in [5, 5.41) is 1.05. The molecule has 0 fully saturated rings. The summed E-state index contributed by atoms with van der Waals surface area (Å²) < 4.78 is 0. The lowest BCUT2D eigenvalue weighted by atomic mass is 10.2. The normalized spacial score (nSPS) is 10.9. The van der Waals surface area contributed by atoms with E-state index >= 15 is 0 Å². The largest absolute Gasteiger partial charge is 0.231 e. The maximum Gasteiger partial charge on any atom is 0.167 e. The lowest BCUT2D eigenvalue weighted by molar-refractivity contribution is 1.28. The van der Waals surface area contributed by atoms with Gasteiger partial charge in [-0.2, -0.15) is 0 Å². The van der Waals surface area contributed by atoms with E-state index in [-0.39, 0.29) is 10.3 Å². The number of halogens is 3. The van der Waals surface area contributed by atoms with Gasteiger partial charge in [-0.25, -0.2) is 9.97 Å². The van der Waals surface area contributed by atoms with Crippen molar-refractivity contribution in [2.45, 2.75) is 6.92 Å². The van der Waals surface area contributed by atoms with Crippen LogP contribution < -0.4 is 0 Å². The van der Waals surface area contributed by atoms with E-state index in [1.54, 1.807) is 6.07 Å². The summed E-state index contributed by atoms with van der Waals surface area (Å²) in [6.07, 6.45) is 0. The molecule has 0 saturated carbocycles. The lowest BCUT2D eigenvalue weighted by Crippen LogP contribution is -1.88. The van der Waals surface area contributed by atoms with Crippen molar-refractivity contribution >= 4 is 45.8 Å². The van der Waals surface area contributed by atoms with Crippen molar-refractivity contribution in [3.05, 3.63) is 33.0 Å². The van der Waals surface area contributed by atoms with Crippen molar-refractivity contribution in [1.29, 1.82) is 0 Å². The summed E-state index contributed by atoms with van der Waals surface area (Å²) in [6, 6.07) is 3.55. The Morgan fingerprint density at radius 3 is 2.00 bits per heavy atom. The predicted octanol–water partition coefficient (Wildman–Crippen LogP) is 3.90. The van der Waals surface area contributed by atoms with Crippen molar-refractivity contribution in [2.24, 2.45) is 0 Å². The van der Waals surface area contributed by atoms with E-state index in [4.69, 9.17) is 34.8 Å². The minimum atomic E-state index is 0.194. The van der Waals surface area contributed by atoms with Crippen LogP contribution in [0.1, 0.15) is 5.56 Å². The van der Waals surface area contributed by atoms with Crippen LogP contribution in [0.2, 0.25) is 15.3 Å². The Bertz CT molecular complexity index is 422. The molecule has 0 spiro atoms. The Morgan fingerprint density at radius 1 is 0.929 bits per heavy atom. The van der Waals surface area contributed by atoms with Crippen LogP contribution in [0, 0.1) is 6.92 Å². The number of benzene rings is 1. The number of aromatic nitrogens is 2. The summed E-state index contributed by atoms with van der Waals surface area (Å²) in [5.74, 6) is 0. The van der Waals surface area contributed by atoms with Gasteiger partial charge in [0.1, 0.15) is 0 Å². The first-order valence-electron chi connectivity index (χ1n) is 3.87. The third kappa shape index (κ3) is 1.65. The molecule has 1 aromatic heterocycles. The van der Waals surface area contributed by atoms with E-state index < -0.39 is 0 Å². The Hall–Kier alpha value is -0.570. The molecule has 0 bridgehead atoms. The highest BCUT2D eigenvalue weighted by molar-refractivity contribution is 6.40. The van der Waals surface area contributed by atoms with Crippen LogP contribution in [-0.4, -0.2) is 9.97 Å². The fourth-order valence-electron chi connectivity index (χ4n) is 1.14. The molecule has 0 aliphatic rings. The van der Waals surface area contributed by atoms with Crippen LogP contribution in [0.25, 0.3) is 11.0 Å². The predicted molar refractivity (Wildman–Crippen MR) is 59.3 cm³/mol. The number of rotatable bonds is 0. The Morgan fingerprint density at radius 2 is 1.43 bits per heavy atom. The fraction of sp³-hybridized carbons (Fsp3) is 0.111. The van der Waals surface area contributed by atoms with E-state index in [0.717, 1.165) is 5.56 Å². The highest BCUT2D eigenvalue weighted by Gasteiger charge is 2.06. The average Bonchev–Trinajstić information content (AvgIpc) is 2.11. The molecule has 2 aromatic rings. The zero-order chi connectivity index (χ0) is 10.3. The average molecular weight is 248 g/mol. The molecule has 0 atom stereocenters. The molecule has 0 aliphatic heterocycles. The Balaban J connectivity index is 2.83. The molecule has 0 aliphatic carbocycles. The maximum atomic E-state index is 5.94. The smallest absolute Gasteiger partial charge is 0.167 e. The molecular weight excluding hydrogens is 242 g/mol. The van der Waals surface area contributed by atoms with Gasteiger partial charge in [-0.1, -0.05) is 34.8 Å². The van der Waals surface area contributed by atoms with Crippen LogP contribution in [0.3, 0.4) is 0 Å². The monoisotopic (exact) mass is 246 g/mol. The maximum absolute atomic E-state index is 5.94. The second-order valence-electron chi connectivity index (χ2n) is 2.90. The SMILES string of the molecule is Cc1cc2nc(Cl)c(Cl)nc2cc1Cl. The van der Waals surface area contributed by atoms with Gasteiger partial charge >= 0.3 is 0 Å². The van der Waals surface area contributed by atoms with Gasteiger partial charge in [0.2, 0.25) is 0 Å². The fourth-order valence-corrected chi connectivity index (χ4v) is 1.56. The van der Waals surface area contributed by atoms with Crippen LogP contribution in [0.15, 0.2) is 12.1 Å². The minimum Gasteiger partial charge on any atom is -0.231 e. The molecule has 14 heavy (non-hydrogen) atoms. The number of nitrogens with zero attached hydrogens (tertiary/aromatic N) is 2. The molecule has 5 heteroatoms. The van der Waals surface area contributed by atoms with Gasteiger partial charge in [-0.3, -0.25) is 0 Å². The summed E-state index contributed by atoms with van der Waals surface area (Å²) in [6.45, 7) is 1.89. The molecule has 1 aromatic carbocycles. The van der Waals surface area contributed by atoms with Crippen molar-refractivity contribution in [2.75, 3.05) is 0 Å². The highest BCUT2D eigenvalue weighted by atomic mass is 35.5. The molecule has 0 radical (unpaired) electrons. The van der Waals surface area contributed by atoms with E-state index in [1.165, 1.54) is 0 Å². The number of hydrogen-bond donors (Lipinski definition) is 0. The van der Waals surface area contributed by atoms with Gasteiger partial charge in [-0.05, 0) is 24.6 Å². The first-order valence-corrected chi connectivity index (χ1v) is 5.00. The van der Waals surface area contributed by atoms with Gasteiger partial charge in [0.05, 0.1) is 11.0 Å². The summed E-state index contributed by atoms with van der Waals surface area (Å²) in [5.41, 5.74) is 2.28. The third-order valence-corrected chi connectivity index (χ3v) is 2.89. The lowest BCUT2D eigenvalue weighted by Gasteiger charge is -2.02. The van der Waals surface area contributed by atoms with Crippen LogP contribution >= 0.6 is 34.8 Å². The molecule has 0 unspecified atom stereocenters. The van der Waals surface area contributed by atoms with Crippen molar-refractivity contribution in [3.8, 4) is 0 Å². The number of hydrogen-bond acceptors (Lipinski definition) is 2. The minimum absolute atomic E-state index is 0.194. The summed E-state index contributed by atoms with van der Waals surface area (Å²) in [4.78, 5) is 8.15. The molecule has 0 amide bonds. The van der Waals surface area contributed by atoms with Crippen LogP contribution in [0.5, 0.6) is 0 Å². The van der Waals surface area contributed by atoms with Crippen LogP contribution in [0.4, 0.5) is 0 Å². The van der Waals surface area contributed by atoms with Crippen molar-refractivity contribution in [3.63, 3.8) is 0 Å². The quantitative estimate of drug-likeness (QED) is 0.705. The van der Waals surface area contributed by atoms with Crippen molar-refractivity contribution in [1.82, 2.24) is 9.97 Å². The molecule has 2 rings (SSSR count). The Labute approximate surface area is 95.8 Å². The number of fused-ring (bicyclic) bond motifs is 1. The molecular formula is C9H5Cl3N2. The first kappa shape index (κ1) is 9.97. The van der Waals surface area contributed by atoms with Gasteiger partial charge < -0.3 is 0 Å². The van der Waals surface area contributed by atoms with Gasteiger partial charge in [0.25, 0.3) is 0 Å². The molecule has 1 heterocycles. The van der Waals surface area contributed by atoms with Gasteiger partial charge in [0, 0.05) is 5.02 Å². The van der Waals surface area contributed by atoms with E-state index in [1.807, 2.05) is 13.0 Å². The molecule has 72 valence electrons. The third-order valence-electron chi connectivity index (χ3n) is 1.86. The highest BCUT2D eigenvalue weighted by Crippen LogP contribution is 2.25. The van der Waals surface area contributed by atoms with E-state index in [2.05, 4.69) is 9.97 Å². The van der Waals surface area contributed by atoms with Gasteiger partial charge in [0.15, 0.2) is 10.3 Å². The van der Waals surface area contributed by atoms with Crippen molar-refractivity contribution < 1.29 is 0 Å². The zero-order valence-electron chi connectivity index (χ0n) is 7.18. The van der Waals surface area contributed by atoms with Crippen LogP contribution in [-0.2, 0) is 0 Å². The summed E-state index contributed by atoms with van der Waals surface area (Å²) in [7, 11) is 0. The van der Waals surface area contributed by atoms with E-state index in [0.29, 0.717) is 16.1 Å². The topological polar surface area (TPSA) is 25.8 Å². The summed E-state index contributed by atoms with van der Waals surface area (Å²) >= 11 is 17.4. The second-order valence-corrected chi connectivity index (χ2v) is 4.02. The first-order chi connectivity index (χ1) is 6.58. The zero-order valence-corrected chi connectivity index (χ0v) is 9.45. The molecule has 2 nitrogen and oxygen atoms in total. The standard InChI is InChI=1S/C9H5Cl3N2/c1-4-2-6-7(3-5(4)10)14-9(12)8(11)13-6/h2-3H,1H3. The Kier molecular flexibility index (Phi) is 2.52. The number of aryl methyl sites for hydroxylation is 1. The molecule has 0 saturated heterocycles. The molecule has 0 N–H and O–H groups in total. The van der Waals surface area contributed by atoms with Gasteiger partial charge in [-0.15, -0.1) is 0 Å².